The maximum absolute atomic E-state index is 12.9. The lowest BCUT2D eigenvalue weighted by Crippen LogP contribution is -2.60. The number of esters is 1. The fraction of sp³-hybridized carbons (Fsp3) is 0.566. The smallest absolute Gasteiger partial charge is 0.397 e. The molecular formula is C53H82O12S. The van der Waals surface area contributed by atoms with E-state index in [1.807, 2.05) is 0 Å². The molecule has 0 spiro atoms. The van der Waals surface area contributed by atoms with Crippen LogP contribution in [-0.4, -0.2) is 97.5 Å². The highest BCUT2D eigenvalue weighted by atomic mass is 32.3. The van der Waals surface area contributed by atoms with Gasteiger partial charge in [0.15, 0.2) is 6.29 Å². The number of unbranched alkanes of at least 4 members (excludes halogenated alkanes) is 4. The van der Waals surface area contributed by atoms with Crippen molar-refractivity contribution in [1.82, 2.24) is 0 Å². The fourth-order valence-corrected chi connectivity index (χ4v) is 6.75. The lowest BCUT2D eigenvalue weighted by molar-refractivity contribution is -0.301. The molecule has 6 atom stereocenters. The molecule has 12 nitrogen and oxygen atoms in total. The number of hydrogen-bond acceptors (Lipinski definition) is 11. The summed E-state index contributed by atoms with van der Waals surface area (Å²) in [7, 11) is -5.08. The molecule has 13 heteroatoms. The van der Waals surface area contributed by atoms with Crippen LogP contribution in [0.5, 0.6) is 0 Å². The predicted molar refractivity (Wildman–Crippen MR) is 266 cm³/mol. The van der Waals surface area contributed by atoms with Gasteiger partial charge in [-0.3, -0.25) is 9.35 Å². The van der Waals surface area contributed by atoms with Crippen LogP contribution in [0.15, 0.2) is 134 Å². The molecule has 0 amide bonds. The first-order valence-electron chi connectivity index (χ1n) is 23.9. The molecule has 0 bridgehead atoms. The molecule has 0 aromatic rings. The Balaban J connectivity index is 2.45. The van der Waals surface area contributed by atoms with Gasteiger partial charge in [0.05, 0.1) is 19.8 Å². The van der Waals surface area contributed by atoms with Crippen molar-refractivity contribution in [2.24, 2.45) is 0 Å². The first-order chi connectivity index (χ1) is 32.1. The van der Waals surface area contributed by atoms with E-state index in [0.717, 1.165) is 103 Å². The van der Waals surface area contributed by atoms with E-state index < -0.39 is 59.8 Å². The summed E-state index contributed by atoms with van der Waals surface area (Å²) in [4.78, 5) is 12.9. The van der Waals surface area contributed by atoms with E-state index in [1.54, 1.807) is 0 Å². The number of carbonyl (C=O) groups excluding carboxylic acids is 1. The Hall–Kier alpha value is -3.76. The number of carbonyl (C=O) groups is 1. The Morgan fingerprint density at radius 1 is 0.576 bits per heavy atom. The lowest BCUT2D eigenvalue weighted by atomic mass is 9.99. The summed E-state index contributed by atoms with van der Waals surface area (Å²) in [6.07, 6.45) is 53.6. The van der Waals surface area contributed by atoms with Crippen LogP contribution in [0.2, 0.25) is 0 Å². The van der Waals surface area contributed by atoms with Crippen molar-refractivity contribution in [2.45, 2.75) is 166 Å². The summed E-state index contributed by atoms with van der Waals surface area (Å²) in [5.74, 6) is -0.457. The highest BCUT2D eigenvalue weighted by molar-refractivity contribution is 7.80. The molecule has 0 aromatic heterocycles. The van der Waals surface area contributed by atoms with Crippen LogP contribution < -0.4 is 0 Å². The van der Waals surface area contributed by atoms with Gasteiger partial charge < -0.3 is 34.3 Å². The molecule has 0 aromatic carbocycles. The Morgan fingerprint density at radius 3 is 1.42 bits per heavy atom. The van der Waals surface area contributed by atoms with E-state index in [4.69, 9.17) is 23.5 Å². The van der Waals surface area contributed by atoms with Crippen molar-refractivity contribution in [2.75, 3.05) is 26.4 Å². The Morgan fingerprint density at radius 2 is 1.00 bits per heavy atom. The minimum absolute atomic E-state index is 0.0265. The third-order valence-corrected chi connectivity index (χ3v) is 10.2. The summed E-state index contributed by atoms with van der Waals surface area (Å²) in [6, 6.07) is 0. The van der Waals surface area contributed by atoms with Crippen molar-refractivity contribution >= 4 is 16.4 Å². The monoisotopic (exact) mass is 943 g/mol. The highest BCUT2D eigenvalue weighted by Gasteiger charge is 2.48. The van der Waals surface area contributed by atoms with Crippen molar-refractivity contribution in [3.63, 3.8) is 0 Å². The molecule has 66 heavy (non-hydrogen) atoms. The normalized spacial score (nSPS) is 20.7. The molecule has 4 N–H and O–H groups in total. The van der Waals surface area contributed by atoms with Gasteiger partial charge in [0, 0.05) is 13.0 Å². The van der Waals surface area contributed by atoms with Gasteiger partial charge >= 0.3 is 16.4 Å². The second-order valence-electron chi connectivity index (χ2n) is 15.6. The maximum atomic E-state index is 12.9. The zero-order valence-corrected chi connectivity index (χ0v) is 40.5. The van der Waals surface area contributed by atoms with E-state index in [0.29, 0.717) is 13.0 Å². The maximum Gasteiger partial charge on any atom is 0.397 e. The molecule has 1 aliphatic heterocycles. The molecule has 1 heterocycles. The summed E-state index contributed by atoms with van der Waals surface area (Å²) < 4.78 is 59.0. The van der Waals surface area contributed by atoms with Gasteiger partial charge in [-0.1, -0.05) is 154 Å². The van der Waals surface area contributed by atoms with E-state index in [-0.39, 0.29) is 19.6 Å². The minimum atomic E-state index is -5.08. The first-order valence-corrected chi connectivity index (χ1v) is 25.3. The van der Waals surface area contributed by atoms with Gasteiger partial charge in [-0.05, 0) is 103 Å². The number of hydrogen-bond donors (Lipinski definition) is 4. The average molecular weight is 943 g/mol. The van der Waals surface area contributed by atoms with Crippen molar-refractivity contribution in [3.05, 3.63) is 134 Å². The van der Waals surface area contributed by atoms with Crippen LogP contribution in [-0.2, 0) is 38.3 Å². The summed E-state index contributed by atoms with van der Waals surface area (Å²) >= 11 is 0. The molecule has 0 radical (unpaired) electrons. The standard InChI is InChI=1S/C53H82O12S/c1-3-5-7-9-11-13-15-17-19-20-21-22-23-24-25-26-27-28-29-30-32-34-36-38-40-42-49(55)63-47(45-61-43-41-39-37-35-33-31-18-16-14-12-10-8-6-4-2)46-62-53-51(57)52(65-66(58,59)60)50(56)48(44-54)64-53/h5-8,11-14,17-19,21-22,24-25,27-28,30-32,35,37,47-48,50-54,56-57H,3-4,9-10,15-16,20,23,26,29,33-34,36,38-46H2,1-2H3,(H,58,59,60)/b7-5-,8-6-,13-11-,14-12-,19-17-,22-21-,25-24-,28-27-,31-18-,32-30-,37-35-. The van der Waals surface area contributed by atoms with Crippen LogP contribution in [0.1, 0.15) is 129 Å². The largest absolute Gasteiger partial charge is 0.457 e. The summed E-state index contributed by atoms with van der Waals surface area (Å²) in [6.45, 7) is 3.53. The zero-order chi connectivity index (χ0) is 48.2. The van der Waals surface area contributed by atoms with Gasteiger partial charge in [0.2, 0.25) is 0 Å². The molecule has 372 valence electrons. The number of rotatable bonds is 39. The number of aliphatic hydroxyl groups is 3. The SMILES string of the molecule is CC/C=C\C/C=C\C/C=C\C/C=C\C/C=C\C/C=C\C/C=C\CCCCCC(=O)OC(COCCC/C=C\C/C=C\C/C=C\C/C=C\CC)COC1OC(CO)C(O)C(OS(=O)(=O)O)C1O. The Bertz CT molecular complexity index is 1650. The average Bonchev–Trinajstić information content (AvgIpc) is 3.29. The second kappa shape index (κ2) is 42.6. The first kappa shape index (κ1) is 60.3. The molecular weight excluding hydrogens is 861 g/mol. The highest BCUT2D eigenvalue weighted by Crippen LogP contribution is 2.26. The molecule has 6 unspecified atom stereocenters. The Kier molecular flexibility index (Phi) is 38.9. The molecule has 0 aliphatic carbocycles. The Labute approximate surface area is 397 Å². The molecule has 1 aliphatic rings. The molecule has 1 saturated heterocycles. The van der Waals surface area contributed by atoms with Crippen molar-refractivity contribution < 1.29 is 56.2 Å². The van der Waals surface area contributed by atoms with Crippen LogP contribution in [0.4, 0.5) is 0 Å². The van der Waals surface area contributed by atoms with Gasteiger partial charge in [0.1, 0.15) is 30.5 Å². The van der Waals surface area contributed by atoms with Crippen molar-refractivity contribution in [1.29, 1.82) is 0 Å². The molecule has 1 rings (SSSR count). The second-order valence-corrected chi connectivity index (χ2v) is 16.6. The van der Waals surface area contributed by atoms with Gasteiger partial charge in [-0.15, -0.1) is 0 Å². The number of allylic oxidation sites excluding steroid dienone is 22. The summed E-state index contributed by atoms with van der Waals surface area (Å²) in [5, 5.41) is 30.7. The molecule has 0 saturated carbocycles. The topological polar surface area (TPSA) is 178 Å². The zero-order valence-electron chi connectivity index (χ0n) is 39.7. The quantitative estimate of drug-likeness (QED) is 0.0199. The minimum Gasteiger partial charge on any atom is -0.457 e. The van der Waals surface area contributed by atoms with E-state index in [9.17, 15) is 28.5 Å². The van der Waals surface area contributed by atoms with Crippen LogP contribution in [0.3, 0.4) is 0 Å². The van der Waals surface area contributed by atoms with Crippen LogP contribution in [0, 0.1) is 0 Å². The third-order valence-electron chi connectivity index (χ3n) is 9.77. The summed E-state index contributed by atoms with van der Waals surface area (Å²) in [5.41, 5.74) is 0. The number of ether oxygens (including phenoxy) is 4. The van der Waals surface area contributed by atoms with Gasteiger partial charge in [0.25, 0.3) is 0 Å². The predicted octanol–water partition coefficient (Wildman–Crippen LogP) is 10.7. The van der Waals surface area contributed by atoms with Gasteiger partial charge in [-0.2, -0.15) is 8.42 Å². The van der Waals surface area contributed by atoms with Crippen LogP contribution in [0.25, 0.3) is 0 Å². The fourth-order valence-electron chi connectivity index (χ4n) is 6.24. The van der Waals surface area contributed by atoms with Gasteiger partial charge in [-0.25, -0.2) is 4.18 Å². The molecule has 1 fully saturated rings. The number of aliphatic hydroxyl groups excluding tert-OH is 3. The van der Waals surface area contributed by atoms with E-state index in [2.05, 4.69) is 152 Å². The van der Waals surface area contributed by atoms with Crippen molar-refractivity contribution in [3.8, 4) is 0 Å². The van der Waals surface area contributed by atoms with E-state index >= 15 is 0 Å². The van der Waals surface area contributed by atoms with E-state index in [1.165, 1.54) is 0 Å². The lowest BCUT2D eigenvalue weighted by Gasteiger charge is -2.41. The third kappa shape index (κ3) is 35.4. The van der Waals surface area contributed by atoms with Crippen LogP contribution >= 0.6 is 0 Å².